The van der Waals surface area contributed by atoms with Crippen molar-refractivity contribution in [1.82, 2.24) is 0 Å². The molecule has 0 saturated carbocycles. The van der Waals surface area contributed by atoms with Gasteiger partial charge in [-0.05, 0) is 85.3 Å². The summed E-state index contributed by atoms with van der Waals surface area (Å²) in [6, 6.07) is 7.85. The summed E-state index contributed by atoms with van der Waals surface area (Å²) in [6.07, 6.45) is 0. The number of esters is 1. The van der Waals surface area contributed by atoms with Gasteiger partial charge in [-0.2, -0.15) is 0 Å². The number of hydrogen-bond acceptors (Lipinski definition) is 3. The predicted molar refractivity (Wildman–Crippen MR) is 88.7 cm³/mol. The molecule has 116 valence electrons. The summed E-state index contributed by atoms with van der Waals surface area (Å²) in [5.41, 5.74) is 7.42. The van der Waals surface area contributed by atoms with Gasteiger partial charge in [0.1, 0.15) is 5.75 Å². The van der Waals surface area contributed by atoms with Crippen LogP contribution in [0.3, 0.4) is 0 Å². The van der Waals surface area contributed by atoms with E-state index in [-0.39, 0.29) is 5.97 Å². The molecule has 0 aliphatic heterocycles. The first kappa shape index (κ1) is 16.1. The number of carbonyl (C=O) groups excluding carboxylic acids is 1. The van der Waals surface area contributed by atoms with E-state index in [2.05, 4.69) is 13.8 Å². The van der Waals surface area contributed by atoms with Crippen molar-refractivity contribution in [2.45, 2.75) is 27.7 Å². The third kappa shape index (κ3) is 2.84. The first-order valence-corrected chi connectivity index (χ1v) is 7.24. The molecule has 2 aromatic carbocycles. The monoisotopic (exact) mass is 298 g/mol. The lowest BCUT2D eigenvalue weighted by Crippen LogP contribution is -2.04. The van der Waals surface area contributed by atoms with Crippen LogP contribution < -0.4 is 4.74 Å². The summed E-state index contributed by atoms with van der Waals surface area (Å²) in [6.45, 7) is 8.21. The molecular weight excluding hydrogens is 276 g/mol. The van der Waals surface area contributed by atoms with Crippen molar-refractivity contribution in [2.24, 2.45) is 0 Å². The molecule has 0 amide bonds. The van der Waals surface area contributed by atoms with E-state index in [0.29, 0.717) is 5.56 Å². The number of hydrogen-bond donors (Lipinski definition) is 0. The standard InChI is InChI=1S/C19H22O3/c1-11-7-15(19(20)22-6)8-12(2)17(11)18-13(3)9-16(21-5)10-14(18)4/h7-10H,1-6H3. The zero-order valence-corrected chi connectivity index (χ0v) is 14.0. The van der Waals surface area contributed by atoms with Crippen molar-refractivity contribution in [1.29, 1.82) is 0 Å². The van der Waals surface area contributed by atoms with Crippen LogP contribution in [0.2, 0.25) is 0 Å². The van der Waals surface area contributed by atoms with Crippen LogP contribution in [0, 0.1) is 27.7 Å². The lowest BCUT2D eigenvalue weighted by molar-refractivity contribution is 0.0600. The van der Waals surface area contributed by atoms with E-state index in [1.165, 1.54) is 18.2 Å². The van der Waals surface area contributed by atoms with Gasteiger partial charge in [-0.15, -0.1) is 0 Å². The molecule has 0 heterocycles. The second-order valence-electron chi connectivity index (χ2n) is 5.61. The van der Waals surface area contributed by atoms with Crippen LogP contribution in [-0.4, -0.2) is 20.2 Å². The first-order valence-electron chi connectivity index (χ1n) is 7.24. The number of benzene rings is 2. The fraction of sp³-hybridized carbons (Fsp3) is 0.316. The quantitative estimate of drug-likeness (QED) is 0.789. The minimum absolute atomic E-state index is 0.305. The molecule has 0 N–H and O–H groups in total. The Bertz CT molecular complexity index is 683. The fourth-order valence-corrected chi connectivity index (χ4v) is 3.03. The molecule has 0 bridgehead atoms. The van der Waals surface area contributed by atoms with Crippen LogP contribution in [-0.2, 0) is 4.74 Å². The highest BCUT2D eigenvalue weighted by Crippen LogP contribution is 2.35. The number of methoxy groups -OCH3 is 2. The van der Waals surface area contributed by atoms with Gasteiger partial charge in [-0.25, -0.2) is 4.79 Å². The largest absolute Gasteiger partial charge is 0.497 e. The van der Waals surface area contributed by atoms with Gasteiger partial charge in [0, 0.05) is 0 Å². The third-order valence-electron chi connectivity index (χ3n) is 3.95. The maximum atomic E-state index is 11.7. The second kappa shape index (κ2) is 6.22. The molecule has 0 fully saturated rings. The molecule has 0 aliphatic rings. The maximum absolute atomic E-state index is 11.7. The molecule has 0 saturated heterocycles. The summed E-state index contributed by atoms with van der Waals surface area (Å²) in [7, 11) is 3.08. The molecule has 2 aromatic rings. The van der Waals surface area contributed by atoms with E-state index >= 15 is 0 Å². The van der Waals surface area contributed by atoms with Crippen molar-refractivity contribution < 1.29 is 14.3 Å². The normalized spacial score (nSPS) is 10.5. The van der Waals surface area contributed by atoms with Gasteiger partial charge < -0.3 is 9.47 Å². The summed E-state index contributed by atoms with van der Waals surface area (Å²) < 4.78 is 10.1. The van der Waals surface area contributed by atoms with Crippen molar-refractivity contribution in [2.75, 3.05) is 14.2 Å². The average molecular weight is 298 g/mol. The average Bonchev–Trinajstić information content (AvgIpc) is 2.47. The Balaban J connectivity index is 2.66. The molecule has 3 heteroatoms. The minimum atomic E-state index is -0.305. The van der Waals surface area contributed by atoms with E-state index < -0.39 is 0 Å². The van der Waals surface area contributed by atoms with Crippen LogP contribution >= 0.6 is 0 Å². The van der Waals surface area contributed by atoms with Crippen LogP contribution in [0.5, 0.6) is 5.75 Å². The Morgan fingerprint density at radius 1 is 0.773 bits per heavy atom. The Kier molecular flexibility index (Phi) is 4.55. The van der Waals surface area contributed by atoms with Gasteiger partial charge >= 0.3 is 5.97 Å². The van der Waals surface area contributed by atoms with Gasteiger partial charge in [0.2, 0.25) is 0 Å². The van der Waals surface area contributed by atoms with Gasteiger partial charge in [0.25, 0.3) is 0 Å². The Hall–Kier alpha value is -2.29. The smallest absolute Gasteiger partial charge is 0.337 e. The highest BCUT2D eigenvalue weighted by molar-refractivity contribution is 5.91. The van der Waals surface area contributed by atoms with E-state index in [1.807, 2.05) is 38.1 Å². The van der Waals surface area contributed by atoms with Crippen molar-refractivity contribution >= 4 is 5.97 Å². The second-order valence-corrected chi connectivity index (χ2v) is 5.61. The molecule has 0 atom stereocenters. The van der Waals surface area contributed by atoms with Crippen LogP contribution in [0.25, 0.3) is 11.1 Å². The Morgan fingerprint density at radius 3 is 1.55 bits per heavy atom. The highest BCUT2D eigenvalue weighted by atomic mass is 16.5. The van der Waals surface area contributed by atoms with E-state index in [0.717, 1.165) is 28.0 Å². The third-order valence-corrected chi connectivity index (χ3v) is 3.95. The SMILES string of the molecule is COC(=O)c1cc(C)c(-c2c(C)cc(OC)cc2C)c(C)c1. The summed E-state index contributed by atoms with van der Waals surface area (Å²) in [5, 5.41) is 0. The fourth-order valence-electron chi connectivity index (χ4n) is 3.03. The molecular formula is C19H22O3. The van der Waals surface area contributed by atoms with E-state index in [1.54, 1.807) is 7.11 Å². The number of rotatable bonds is 3. The van der Waals surface area contributed by atoms with Crippen molar-refractivity contribution in [3.8, 4) is 16.9 Å². The maximum Gasteiger partial charge on any atom is 0.337 e. The van der Waals surface area contributed by atoms with Gasteiger partial charge in [-0.1, -0.05) is 0 Å². The van der Waals surface area contributed by atoms with E-state index in [4.69, 9.17) is 9.47 Å². The number of ether oxygens (including phenoxy) is 2. The van der Waals surface area contributed by atoms with E-state index in [9.17, 15) is 4.79 Å². The number of carbonyl (C=O) groups is 1. The van der Waals surface area contributed by atoms with Gasteiger partial charge in [0.15, 0.2) is 0 Å². The molecule has 0 spiro atoms. The molecule has 3 nitrogen and oxygen atoms in total. The Labute approximate surface area is 131 Å². The first-order chi connectivity index (χ1) is 10.4. The highest BCUT2D eigenvalue weighted by Gasteiger charge is 2.16. The Morgan fingerprint density at radius 2 is 1.18 bits per heavy atom. The van der Waals surface area contributed by atoms with Crippen LogP contribution in [0.1, 0.15) is 32.6 Å². The molecule has 0 aromatic heterocycles. The molecule has 0 aliphatic carbocycles. The summed E-state index contributed by atoms with van der Waals surface area (Å²) in [5.74, 6) is 0.557. The van der Waals surface area contributed by atoms with Crippen molar-refractivity contribution in [3.05, 3.63) is 52.1 Å². The molecule has 2 rings (SSSR count). The summed E-state index contributed by atoms with van der Waals surface area (Å²) in [4.78, 5) is 11.7. The zero-order chi connectivity index (χ0) is 16.4. The van der Waals surface area contributed by atoms with Gasteiger partial charge in [-0.3, -0.25) is 0 Å². The molecule has 22 heavy (non-hydrogen) atoms. The van der Waals surface area contributed by atoms with Crippen LogP contribution in [0.15, 0.2) is 24.3 Å². The predicted octanol–water partition coefficient (Wildman–Crippen LogP) is 4.38. The zero-order valence-electron chi connectivity index (χ0n) is 14.0. The minimum Gasteiger partial charge on any atom is -0.497 e. The van der Waals surface area contributed by atoms with Crippen molar-refractivity contribution in [3.63, 3.8) is 0 Å². The molecule has 0 unspecified atom stereocenters. The molecule has 0 radical (unpaired) electrons. The summed E-state index contributed by atoms with van der Waals surface area (Å²) >= 11 is 0. The van der Waals surface area contributed by atoms with Gasteiger partial charge in [0.05, 0.1) is 19.8 Å². The lowest BCUT2D eigenvalue weighted by Gasteiger charge is -2.18. The van der Waals surface area contributed by atoms with Crippen LogP contribution in [0.4, 0.5) is 0 Å². The lowest BCUT2D eigenvalue weighted by atomic mass is 9.88. The number of aryl methyl sites for hydroxylation is 4. The topological polar surface area (TPSA) is 35.5 Å².